The summed E-state index contributed by atoms with van der Waals surface area (Å²) in [5.74, 6) is -1.30. The largest absolute Gasteiger partial charge is 0.476 e. The van der Waals surface area contributed by atoms with Gasteiger partial charge in [0.2, 0.25) is 0 Å². The van der Waals surface area contributed by atoms with Gasteiger partial charge in [0, 0.05) is 6.04 Å². The number of hydrogen-bond acceptors (Lipinski definition) is 3. The van der Waals surface area contributed by atoms with Crippen molar-refractivity contribution in [3.8, 4) is 0 Å². The van der Waals surface area contributed by atoms with Crippen LogP contribution < -0.4 is 5.32 Å². The third-order valence-corrected chi connectivity index (χ3v) is 4.08. The zero-order valence-corrected chi connectivity index (χ0v) is 10.9. The van der Waals surface area contributed by atoms with Crippen molar-refractivity contribution in [3.05, 3.63) is 10.7 Å². The number of aromatic carboxylic acids is 1. The Balaban J connectivity index is 2.06. The zero-order chi connectivity index (χ0) is 14.7. The molecule has 0 aromatic carbocycles. The molecule has 1 aromatic rings. The van der Waals surface area contributed by atoms with Gasteiger partial charge in [0.15, 0.2) is 11.7 Å². The first-order valence-corrected chi connectivity index (χ1v) is 6.51. The molecule has 2 aliphatic rings. The zero-order valence-electron chi connectivity index (χ0n) is 10.1. The highest BCUT2D eigenvalue weighted by Crippen LogP contribution is 2.47. The van der Waals surface area contributed by atoms with Gasteiger partial charge in [-0.25, -0.2) is 9.48 Å². The van der Waals surface area contributed by atoms with Crippen molar-refractivity contribution in [2.24, 2.45) is 5.92 Å². The van der Waals surface area contributed by atoms with E-state index in [2.05, 4.69) is 10.4 Å². The fourth-order valence-electron chi connectivity index (χ4n) is 2.56. The van der Waals surface area contributed by atoms with E-state index in [9.17, 15) is 18.0 Å². The van der Waals surface area contributed by atoms with Crippen LogP contribution in [0.5, 0.6) is 0 Å². The highest BCUT2D eigenvalue weighted by atomic mass is 35.5. The summed E-state index contributed by atoms with van der Waals surface area (Å²) in [6, 6.07) is -2.18. The molecule has 1 saturated carbocycles. The van der Waals surface area contributed by atoms with E-state index in [0.29, 0.717) is 4.68 Å². The van der Waals surface area contributed by atoms with Gasteiger partial charge in [0.1, 0.15) is 10.8 Å². The summed E-state index contributed by atoms with van der Waals surface area (Å²) in [4.78, 5) is 11.0. The maximum absolute atomic E-state index is 13.1. The van der Waals surface area contributed by atoms with Crippen molar-refractivity contribution < 1.29 is 23.1 Å². The number of nitrogens with one attached hydrogen (secondary N) is 1. The molecule has 0 bridgehead atoms. The third kappa shape index (κ3) is 2.11. The predicted molar refractivity (Wildman–Crippen MR) is 64.0 cm³/mol. The van der Waals surface area contributed by atoms with Gasteiger partial charge in [-0.3, -0.25) is 0 Å². The van der Waals surface area contributed by atoms with Crippen LogP contribution in [-0.2, 0) is 0 Å². The fraction of sp³-hybridized carbons (Fsp3) is 0.636. The van der Waals surface area contributed by atoms with Crippen LogP contribution in [0.3, 0.4) is 0 Å². The summed E-state index contributed by atoms with van der Waals surface area (Å²) in [5, 5.41) is 15.1. The highest BCUT2D eigenvalue weighted by Gasteiger charge is 2.50. The van der Waals surface area contributed by atoms with Crippen molar-refractivity contribution in [3.63, 3.8) is 0 Å². The first-order valence-electron chi connectivity index (χ1n) is 6.13. The molecular formula is C11H11ClF3N3O2. The van der Waals surface area contributed by atoms with Gasteiger partial charge in [0.25, 0.3) is 0 Å². The maximum atomic E-state index is 13.1. The van der Waals surface area contributed by atoms with Crippen molar-refractivity contribution in [2.45, 2.75) is 37.5 Å². The molecule has 20 heavy (non-hydrogen) atoms. The Morgan fingerprint density at radius 2 is 2.10 bits per heavy atom. The number of anilines is 1. The average molecular weight is 310 g/mol. The number of carboxylic acid groups (broad SMARTS) is 1. The number of halogens is 4. The number of nitrogens with zero attached hydrogens (tertiary/aromatic N) is 2. The summed E-state index contributed by atoms with van der Waals surface area (Å²) in [7, 11) is 0. The van der Waals surface area contributed by atoms with Gasteiger partial charge < -0.3 is 10.4 Å². The van der Waals surface area contributed by atoms with E-state index < -0.39 is 23.9 Å². The number of alkyl halides is 3. The molecule has 1 aromatic heterocycles. The maximum Gasteiger partial charge on any atom is 0.410 e. The molecule has 0 unspecified atom stereocenters. The Labute approximate surface area is 116 Å². The first kappa shape index (κ1) is 13.5. The molecule has 3 rings (SSSR count). The van der Waals surface area contributed by atoms with Crippen molar-refractivity contribution in [1.29, 1.82) is 0 Å². The third-order valence-electron chi connectivity index (χ3n) is 3.72. The van der Waals surface area contributed by atoms with Crippen molar-refractivity contribution in [1.82, 2.24) is 9.78 Å². The molecule has 1 aliphatic carbocycles. The summed E-state index contributed by atoms with van der Waals surface area (Å²) in [6.45, 7) is 0. The van der Waals surface area contributed by atoms with Gasteiger partial charge in [-0.2, -0.15) is 18.3 Å². The molecule has 110 valence electrons. The minimum atomic E-state index is -4.49. The second-order valence-electron chi connectivity index (χ2n) is 5.14. The number of hydrogen-bond donors (Lipinski definition) is 2. The second-order valence-corrected chi connectivity index (χ2v) is 5.52. The molecule has 1 fully saturated rings. The van der Waals surface area contributed by atoms with Crippen LogP contribution in [-0.4, -0.2) is 33.1 Å². The number of aromatic nitrogens is 2. The minimum absolute atomic E-state index is 0.0467. The van der Waals surface area contributed by atoms with Crippen LogP contribution in [0, 0.1) is 5.92 Å². The molecule has 2 atom stereocenters. The molecule has 0 saturated heterocycles. The topological polar surface area (TPSA) is 67.1 Å². The van der Waals surface area contributed by atoms with Gasteiger partial charge in [0.05, 0.1) is 0 Å². The number of fused-ring (bicyclic) bond motifs is 1. The number of carboxylic acids is 1. The summed E-state index contributed by atoms with van der Waals surface area (Å²) < 4.78 is 40.1. The lowest BCUT2D eigenvalue weighted by Gasteiger charge is -2.33. The van der Waals surface area contributed by atoms with Crippen LogP contribution in [0.25, 0.3) is 0 Å². The molecule has 2 N–H and O–H groups in total. The lowest BCUT2D eigenvalue weighted by molar-refractivity contribution is -0.174. The Hall–Kier alpha value is -1.44. The van der Waals surface area contributed by atoms with E-state index >= 15 is 0 Å². The van der Waals surface area contributed by atoms with Crippen LogP contribution in [0.4, 0.5) is 19.0 Å². The number of rotatable bonds is 2. The Bertz CT molecular complexity index is 568. The van der Waals surface area contributed by atoms with Crippen LogP contribution in [0.15, 0.2) is 0 Å². The SMILES string of the molecule is O=C(O)c1nn2c(c1Cl)N[C@H](C1CC1)C[C@@H]2C(F)(F)F. The van der Waals surface area contributed by atoms with Crippen LogP contribution in [0.1, 0.15) is 35.8 Å². The lowest BCUT2D eigenvalue weighted by atomic mass is 10.0. The summed E-state index contributed by atoms with van der Waals surface area (Å²) in [6.07, 6.45) is -2.90. The summed E-state index contributed by atoms with van der Waals surface area (Å²) >= 11 is 5.85. The van der Waals surface area contributed by atoms with Gasteiger partial charge >= 0.3 is 12.1 Å². The smallest absolute Gasteiger partial charge is 0.410 e. The molecule has 9 heteroatoms. The van der Waals surface area contributed by atoms with Gasteiger partial charge in [-0.1, -0.05) is 11.6 Å². The molecule has 5 nitrogen and oxygen atoms in total. The second kappa shape index (κ2) is 4.28. The normalized spacial score (nSPS) is 26.0. The molecule has 0 spiro atoms. The van der Waals surface area contributed by atoms with E-state index in [1.807, 2.05) is 0 Å². The fourth-order valence-corrected chi connectivity index (χ4v) is 2.82. The molecule has 0 amide bonds. The van der Waals surface area contributed by atoms with E-state index in [-0.39, 0.29) is 29.2 Å². The van der Waals surface area contributed by atoms with E-state index in [4.69, 9.17) is 16.7 Å². The van der Waals surface area contributed by atoms with E-state index in [1.165, 1.54) is 0 Å². The van der Waals surface area contributed by atoms with E-state index in [0.717, 1.165) is 12.8 Å². The Morgan fingerprint density at radius 1 is 1.45 bits per heavy atom. The van der Waals surface area contributed by atoms with Crippen molar-refractivity contribution in [2.75, 3.05) is 5.32 Å². The highest BCUT2D eigenvalue weighted by molar-refractivity contribution is 6.35. The summed E-state index contributed by atoms with van der Waals surface area (Å²) in [5.41, 5.74) is -0.556. The Kier molecular flexibility index (Phi) is 2.89. The standard InChI is InChI=1S/C11H11ClF3N3O2/c12-7-8(10(19)20)17-18-6(11(13,14)15)3-5(4-1-2-4)16-9(7)18/h4-6,16H,1-3H2,(H,19,20)/t5-,6+/m0/s1. The van der Waals surface area contributed by atoms with Crippen molar-refractivity contribution >= 4 is 23.4 Å². The minimum Gasteiger partial charge on any atom is -0.476 e. The molecular weight excluding hydrogens is 299 g/mol. The van der Waals surface area contributed by atoms with Crippen LogP contribution in [0.2, 0.25) is 5.02 Å². The molecule has 2 heterocycles. The Morgan fingerprint density at radius 3 is 2.60 bits per heavy atom. The lowest BCUT2D eigenvalue weighted by Crippen LogP contribution is -2.40. The van der Waals surface area contributed by atoms with E-state index in [1.54, 1.807) is 0 Å². The molecule has 1 aliphatic heterocycles. The first-order chi connectivity index (χ1) is 9.29. The predicted octanol–water partition coefficient (Wildman–Crippen LogP) is 2.93. The molecule has 0 radical (unpaired) electrons. The average Bonchev–Trinajstić information content (AvgIpc) is 3.12. The van der Waals surface area contributed by atoms with Gasteiger partial charge in [-0.15, -0.1) is 0 Å². The van der Waals surface area contributed by atoms with Crippen LogP contribution >= 0.6 is 11.6 Å². The number of carbonyl (C=O) groups is 1. The quantitative estimate of drug-likeness (QED) is 0.881. The van der Waals surface area contributed by atoms with Gasteiger partial charge in [-0.05, 0) is 25.2 Å². The monoisotopic (exact) mass is 309 g/mol.